The second-order valence-corrected chi connectivity index (χ2v) is 10.5. The zero-order chi connectivity index (χ0) is 22.8. The summed E-state index contributed by atoms with van der Waals surface area (Å²) in [5.41, 5.74) is 1.08. The molecule has 3 heterocycles. The lowest BCUT2D eigenvalue weighted by Gasteiger charge is -2.37. The van der Waals surface area contributed by atoms with Crippen molar-refractivity contribution >= 4 is 34.5 Å². The number of fused-ring (bicyclic) bond motifs is 1. The molecule has 0 bridgehead atoms. The molecule has 1 saturated carbocycles. The van der Waals surface area contributed by atoms with Crippen LogP contribution in [0, 0.1) is 11.7 Å². The van der Waals surface area contributed by atoms with Crippen molar-refractivity contribution in [3.05, 3.63) is 74.4 Å². The summed E-state index contributed by atoms with van der Waals surface area (Å²) < 4.78 is 19.5. The van der Waals surface area contributed by atoms with Crippen LogP contribution in [0.3, 0.4) is 0 Å². The van der Waals surface area contributed by atoms with Gasteiger partial charge in [0, 0.05) is 24.0 Å². The largest absolute Gasteiger partial charge is 0.491 e. The maximum atomic E-state index is 13.6. The van der Waals surface area contributed by atoms with E-state index in [1.54, 1.807) is 28.4 Å². The molecular formula is C25H25FN2O3S2. The van der Waals surface area contributed by atoms with Crippen LogP contribution in [0.4, 0.5) is 4.39 Å². The number of hydrogen-bond donors (Lipinski definition) is 0. The highest BCUT2D eigenvalue weighted by Gasteiger charge is 2.35. The van der Waals surface area contributed by atoms with E-state index in [2.05, 4.69) is 0 Å². The molecule has 3 aromatic rings. The van der Waals surface area contributed by atoms with Crippen LogP contribution >= 0.6 is 22.7 Å². The van der Waals surface area contributed by atoms with Gasteiger partial charge in [-0.05, 0) is 65.8 Å². The molecule has 2 aromatic heterocycles. The van der Waals surface area contributed by atoms with Crippen LogP contribution in [-0.2, 0) is 11.2 Å². The van der Waals surface area contributed by atoms with Crippen molar-refractivity contribution in [2.75, 3.05) is 26.2 Å². The summed E-state index contributed by atoms with van der Waals surface area (Å²) in [7, 11) is 0. The standard InChI is InChI=1S/C25H25FN2O3S2/c26-18-3-1-4-19(13-18)31-16-21-20-9-12-33-22(20)8-10-28(21)24(29)15-27(14-17-6-7-17)25(30)23-5-2-11-32-23/h1-5,9,11-13,17,21H,6-8,10,14-16H2/t21-/m1/s1. The minimum atomic E-state index is -0.358. The van der Waals surface area contributed by atoms with Crippen molar-refractivity contribution in [2.45, 2.75) is 25.3 Å². The van der Waals surface area contributed by atoms with Gasteiger partial charge in [0.2, 0.25) is 5.91 Å². The number of thiophene rings is 2. The first-order chi connectivity index (χ1) is 16.1. The number of ether oxygens (including phenoxy) is 1. The lowest BCUT2D eigenvalue weighted by atomic mass is 10.0. The monoisotopic (exact) mass is 484 g/mol. The maximum Gasteiger partial charge on any atom is 0.264 e. The Balaban J connectivity index is 1.33. The highest BCUT2D eigenvalue weighted by Crippen LogP contribution is 2.35. The predicted molar refractivity (Wildman–Crippen MR) is 127 cm³/mol. The summed E-state index contributed by atoms with van der Waals surface area (Å²) >= 11 is 3.09. The van der Waals surface area contributed by atoms with Gasteiger partial charge >= 0.3 is 0 Å². The first kappa shape index (κ1) is 22.1. The molecule has 2 amide bonds. The summed E-state index contributed by atoms with van der Waals surface area (Å²) in [6, 6.07) is 11.5. The van der Waals surface area contributed by atoms with Gasteiger partial charge in [0.15, 0.2) is 0 Å². The smallest absolute Gasteiger partial charge is 0.264 e. The van der Waals surface area contributed by atoms with Crippen molar-refractivity contribution in [1.29, 1.82) is 0 Å². The number of hydrogen-bond acceptors (Lipinski definition) is 5. The van der Waals surface area contributed by atoms with E-state index in [9.17, 15) is 14.0 Å². The van der Waals surface area contributed by atoms with Crippen LogP contribution < -0.4 is 4.74 Å². The normalized spacial score (nSPS) is 17.5. The third-order valence-corrected chi connectivity index (χ3v) is 7.99. The molecule has 5 nitrogen and oxygen atoms in total. The van der Waals surface area contributed by atoms with E-state index in [1.807, 2.05) is 33.9 Å². The molecule has 8 heteroatoms. The number of carbonyl (C=O) groups is 2. The summed E-state index contributed by atoms with van der Waals surface area (Å²) in [5.74, 6) is 0.408. The Hall–Kier alpha value is -2.71. The second kappa shape index (κ2) is 9.65. The van der Waals surface area contributed by atoms with Crippen LogP contribution in [0.25, 0.3) is 0 Å². The van der Waals surface area contributed by atoms with Crippen molar-refractivity contribution in [1.82, 2.24) is 9.80 Å². The molecular weight excluding hydrogens is 459 g/mol. The van der Waals surface area contributed by atoms with Crippen LogP contribution in [-0.4, -0.2) is 47.9 Å². The van der Waals surface area contributed by atoms with Gasteiger partial charge in [0.05, 0.1) is 10.9 Å². The highest BCUT2D eigenvalue weighted by atomic mass is 32.1. The summed E-state index contributed by atoms with van der Waals surface area (Å²) in [4.78, 5) is 32.0. The second-order valence-electron chi connectivity index (χ2n) is 8.53. The SMILES string of the molecule is O=C(c1cccs1)N(CC(=O)N1CCc2sccc2[C@H]1COc1cccc(F)c1)CC1CC1. The Morgan fingerprint density at radius 2 is 2.00 bits per heavy atom. The van der Waals surface area contributed by atoms with Crippen molar-refractivity contribution in [3.63, 3.8) is 0 Å². The molecule has 0 radical (unpaired) electrons. The van der Waals surface area contributed by atoms with Gasteiger partial charge in [0.25, 0.3) is 5.91 Å². The Labute approximate surface area is 200 Å². The van der Waals surface area contributed by atoms with E-state index in [4.69, 9.17) is 4.74 Å². The zero-order valence-electron chi connectivity index (χ0n) is 18.1. The third-order valence-electron chi connectivity index (χ3n) is 6.14. The lowest BCUT2D eigenvalue weighted by Crippen LogP contribution is -2.48. The fourth-order valence-corrected chi connectivity index (χ4v) is 5.87. The summed E-state index contributed by atoms with van der Waals surface area (Å²) in [6.45, 7) is 1.49. The molecule has 172 valence electrons. The Morgan fingerprint density at radius 1 is 1.12 bits per heavy atom. The van der Waals surface area contributed by atoms with Crippen LogP contribution in [0.2, 0.25) is 0 Å². The first-order valence-corrected chi connectivity index (χ1v) is 12.9. The molecule has 1 aliphatic heterocycles. The van der Waals surface area contributed by atoms with Gasteiger partial charge in [-0.25, -0.2) is 4.39 Å². The Kier molecular flexibility index (Phi) is 6.46. The van der Waals surface area contributed by atoms with Gasteiger partial charge in [-0.1, -0.05) is 12.1 Å². The minimum Gasteiger partial charge on any atom is -0.491 e. The van der Waals surface area contributed by atoms with E-state index in [0.717, 1.165) is 24.8 Å². The fourth-order valence-electron chi connectivity index (χ4n) is 4.25. The number of nitrogens with zero attached hydrogens (tertiary/aromatic N) is 2. The number of benzene rings is 1. The third kappa shape index (κ3) is 5.12. The van der Waals surface area contributed by atoms with Crippen LogP contribution in [0.1, 0.15) is 39.0 Å². The Bertz CT molecular complexity index is 1130. The van der Waals surface area contributed by atoms with Crippen molar-refractivity contribution < 1.29 is 18.7 Å². The average Bonchev–Trinajstić information content (AvgIpc) is 3.26. The lowest BCUT2D eigenvalue weighted by molar-refractivity contribution is -0.135. The van der Waals surface area contributed by atoms with E-state index in [-0.39, 0.29) is 36.8 Å². The molecule has 1 fully saturated rings. The molecule has 1 atom stereocenters. The maximum absolute atomic E-state index is 13.6. The van der Waals surface area contributed by atoms with Crippen molar-refractivity contribution in [3.8, 4) is 5.75 Å². The van der Waals surface area contributed by atoms with E-state index >= 15 is 0 Å². The predicted octanol–water partition coefficient (Wildman–Crippen LogP) is 5.01. The molecule has 33 heavy (non-hydrogen) atoms. The van der Waals surface area contributed by atoms with Gasteiger partial charge in [0.1, 0.15) is 24.7 Å². The average molecular weight is 485 g/mol. The molecule has 5 rings (SSSR count). The summed E-state index contributed by atoms with van der Waals surface area (Å²) in [6.07, 6.45) is 3.00. The van der Waals surface area contributed by atoms with Gasteiger partial charge in [-0.3, -0.25) is 9.59 Å². The number of rotatable bonds is 8. The van der Waals surface area contributed by atoms with Gasteiger partial charge in [-0.2, -0.15) is 0 Å². The molecule has 0 unspecified atom stereocenters. The van der Waals surface area contributed by atoms with Gasteiger partial charge < -0.3 is 14.5 Å². The van der Waals surface area contributed by atoms with E-state index in [1.165, 1.54) is 28.3 Å². The Morgan fingerprint density at radius 3 is 2.76 bits per heavy atom. The topological polar surface area (TPSA) is 49.9 Å². The summed E-state index contributed by atoms with van der Waals surface area (Å²) in [5, 5.41) is 3.92. The first-order valence-electron chi connectivity index (χ1n) is 11.2. The molecule has 0 spiro atoms. The van der Waals surface area contributed by atoms with Crippen molar-refractivity contribution in [2.24, 2.45) is 5.92 Å². The van der Waals surface area contributed by atoms with Crippen LogP contribution in [0.5, 0.6) is 5.75 Å². The molecule has 2 aliphatic rings. The number of amides is 2. The van der Waals surface area contributed by atoms with Crippen LogP contribution in [0.15, 0.2) is 53.2 Å². The van der Waals surface area contributed by atoms with E-state index in [0.29, 0.717) is 29.6 Å². The molecule has 0 N–H and O–H groups in total. The molecule has 1 aliphatic carbocycles. The number of halogens is 1. The number of carbonyl (C=O) groups excluding carboxylic acids is 2. The highest BCUT2D eigenvalue weighted by molar-refractivity contribution is 7.12. The van der Waals surface area contributed by atoms with Gasteiger partial charge in [-0.15, -0.1) is 22.7 Å². The molecule has 0 saturated heterocycles. The van der Waals surface area contributed by atoms with E-state index < -0.39 is 0 Å². The zero-order valence-corrected chi connectivity index (χ0v) is 19.7. The minimum absolute atomic E-state index is 0.0587. The quantitative estimate of drug-likeness (QED) is 0.452. The molecule has 1 aromatic carbocycles. The fraction of sp³-hybridized carbons (Fsp3) is 0.360.